The third-order valence-corrected chi connectivity index (χ3v) is 6.69. The molecule has 1 aromatic heterocycles. The molecular formula is C29H33BrN4O5. The summed E-state index contributed by atoms with van der Waals surface area (Å²) in [6.45, 7) is 12.1. The number of rotatable bonds is 10. The Morgan fingerprint density at radius 3 is 2.69 bits per heavy atom. The van der Waals surface area contributed by atoms with Crippen molar-refractivity contribution in [1.29, 1.82) is 0 Å². The number of hydrogen-bond donors (Lipinski definition) is 0. The molecule has 0 atom stereocenters. The van der Waals surface area contributed by atoms with Crippen LogP contribution in [-0.2, 0) is 16.0 Å². The van der Waals surface area contributed by atoms with Gasteiger partial charge in [0.1, 0.15) is 5.82 Å². The molecule has 0 N–H and O–H groups in total. The van der Waals surface area contributed by atoms with Gasteiger partial charge in [-0.15, -0.1) is 6.58 Å². The predicted molar refractivity (Wildman–Crippen MR) is 155 cm³/mol. The highest BCUT2D eigenvalue weighted by atomic mass is 79.9. The molecule has 9 nitrogen and oxygen atoms in total. The Labute approximate surface area is 236 Å². The van der Waals surface area contributed by atoms with E-state index in [2.05, 4.69) is 27.6 Å². The lowest BCUT2D eigenvalue weighted by Crippen LogP contribution is -2.43. The molecule has 1 fully saturated rings. The van der Waals surface area contributed by atoms with E-state index in [0.717, 1.165) is 10.0 Å². The van der Waals surface area contributed by atoms with Crippen molar-refractivity contribution in [1.82, 2.24) is 14.6 Å². The van der Waals surface area contributed by atoms with Gasteiger partial charge in [-0.05, 0) is 49.2 Å². The van der Waals surface area contributed by atoms with Crippen molar-refractivity contribution in [3.8, 4) is 11.5 Å². The van der Waals surface area contributed by atoms with Crippen molar-refractivity contribution in [3.63, 3.8) is 0 Å². The van der Waals surface area contributed by atoms with Crippen LogP contribution in [0.5, 0.6) is 11.5 Å². The summed E-state index contributed by atoms with van der Waals surface area (Å²) >= 11 is 3.43. The maximum atomic E-state index is 13.4. The summed E-state index contributed by atoms with van der Waals surface area (Å²) in [6, 6.07) is 9.12. The number of benzene rings is 2. The molecule has 2 heterocycles. The molecule has 3 aromatic rings. The number of nitrogens with zero attached hydrogens (tertiary/aromatic N) is 4. The number of aromatic nitrogens is 2. The first-order chi connectivity index (χ1) is 18.8. The summed E-state index contributed by atoms with van der Waals surface area (Å²) in [5, 5.41) is 5.03. The van der Waals surface area contributed by atoms with Crippen LogP contribution in [0.4, 0.5) is 0 Å². The second-order valence-corrected chi connectivity index (χ2v) is 10.3. The van der Waals surface area contributed by atoms with Crippen LogP contribution >= 0.6 is 15.9 Å². The summed E-state index contributed by atoms with van der Waals surface area (Å²) < 4.78 is 19.4. The lowest BCUT2D eigenvalue weighted by Gasteiger charge is -2.27. The van der Waals surface area contributed by atoms with E-state index in [1.807, 2.05) is 39.0 Å². The molecule has 10 heteroatoms. The average molecular weight is 598 g/mol. The summed E-state index contributed by atoms with van der Waals surface area (Å²) in [5.74, 6) is 1.41. The number of hydrogen-bond acceptors (Lipinski definition) is 7. The average Bonchev–Trinajstić information content (AvgIpc) is 2.93. The zero-order valence-corrected chi connectivity index (χ0v) is 24.1. The Morgan fingerprint density at radius 1 is 1.23 bits per heavy atom. The fraction of sp³-hybridized carbons (Fsp3) is 0.379. The van der Waals surface area contributed by atoms with E-state index >= 15 is 0 Å². The van der Waals surface area contributed by atoms with Gasteiger partial charge in [0, 0.05) is 29.0 Å². The third-order valence-electron chi connectivity index (χ3n) is 6.19. The van der Waals surface area contributed by atoms with Crippen LogP contribution < -0.4 is 15.0 Å². The molecular weight excluding hydrogens is 564 g/mol. The summed E-state index contributed by atoms with van der Waals surface area (Å²) in [4.78, 5) is 32.5. The molecule has 0 unspecified atom stereocenters. The minimum absolute atomic E-state index is 0.0296. The number of halogens is 1. The topological polar surface area (TPSA) is 95.2 Å². The Kier molecular flexibility index (Phi) is 9.53. The van der Waals surface area contributed by atoms with Crippen molar-refractivity contribution < 1.29 is 19.0 Å². The van der Waals surface area contributed by atoms with Crippen LogP contribution in [-0.4, -0.2) is 66.2 Å². The first-order valence-corrected chi connectivity index (χ1v) is 13.8. The number of amides is 1. The largest absolute Gasteiger partial charge is 0.490 e. The maximum absolute atomic E-state index is 13.4. The summed E-state index contributed by atoms with van der Waals surface area (Å²) in [6.07, 6.45) is 3.86. The Morgan fingerprint density at radius 2 is 2.00 bits per heavy atom. The fourth-order valence-electron chi connectivity index (χ4n) is 4.31. The molecule has 0 radical (unpaired) electrons. The van der Waals surface area contributed by atoms with Gasteiger partial charge >= 0.3 is 0 Å². The van der Waals surface area contributed by atoms with E-state index in [1.165, 1.54) is 4.68 Å². The van der Waals surface area contributed by atoms with Crippen molar-refractivity contribution in [2.75, 3.05) is 39.5 Å². The van der Waals surface area contributed by atoms with E-state index in [9.17, 15) is 9.59 Å². The number of morpholine rings is 1. The van der Waals surface area contributed by atoms with Gasteiger partial charge in [0.2, 0.25) is 0 Å². The summed E-state index contributed by atoms with van der Waals surface area (Å²) in [5.41, 5.74) is 1.87. The van der Waals surface area contributed by atoms with Gasteiger partial charge < -0.3 is 19.1 Å². The van der Waals surface area contributed by atoms with Crippen LogP contribution in [0.2, 0.25) is 0 Å². The molecule has 1 aliphatic rings. The molecule has 1 saturated heterocycles. The van der Waals surface area contributed by atoms with Crippen molar-refractivity contribution in [3.05, 3.63) is 74.8 Å². The standard InChI is InChI=1S/C29H33BrN4O5/c1-5-7-21-14-20(15-25(38-6-2)27(21)39-18-26(35)33-10-12-37-13-11-33)17-31-34-28(19(3)4)32-24-9-8-22(30)16-23(24)29(34)36/h5,8-9,14-17,19H,1,6-7,10-13,18H2,2-4H3. The molecule has 0 spiro atoms. The SMILES string of the molecule is C=CCc1cc(C=Nn2c(C(C)C)nc3ccc(Br)cc3c2=O)cc(OCC)c1OCC(=O)N1CCOCC1. The quantitative estimate of drug-likeness (QED) is 0.252. The van der Waals surface area contributed by atoms with Gasteiger partial charge in [0.05, 0.1) is 36.9 Å². The number of carbonyl (C=O) groups is 1. The lowest BCUT2D eigenvalue weighted by atomic mass is 10.1. The first-order valence-electron chi connectivity index (χ1n) is 13.0. The fourth-order valence-corrected chi connectivity index (χ4v) is 4.67. The van der Waals surface area contributed by atoms with E-state index in [-0.39, 0.29) is 24.0 Å². The Balaban J connectivity index is 1.70. The molecule has 39 heavy (non-hydrogen) atoms. The maximum Gasteiger partial charge on any atom is 0.282 e. The van der Waals surface area contributed by atoms with Gasteiger partial charge in [-0.1, -0.05) is 35.9 Å². The normalized spacial score (nSPS) is 13.8. The highest BCUT2D eigenvalue weighted by molar-refractivity contribution is 9.10. The summed E-state index contributed by atoms with van der Waals surface area (Å²) in [7, 11) is 0. The van der Waals surface area contributed by atoms with Crippen LogP contribution in [0.1, 0.15) is 43.6 Å². The molecule has 2 aromatic carbocycles. The molecule has 206 valence electrons. The molecule has 0 aliphatic carbocycles. The second kappa shape index (κ2) is 13.0. The molecule has 4 rings (SSSR count). The molecule has 1 aliphatic heterocycles. The zero-order valence-electron chi connectivity index (χ0n) is 22.5. The highest BCUT2D eigenvalue weighted by Crippen LogP contribution is 2.34. The predicted octanol–water partition coefficient (Wildman–Crippen LogP) is 4.53. The van der Waals surface area contributed by atoms with Crippen LogP contribution in [0.25, 0.3) is 10.9 Å². The van der Waals surface area contributed by atoms with Crippen molar-refractivity contribution in [2.45, 2.75) is 33.1 Å². The first kappa shape index (κ1) is 28.5. The van der Waals surface area contributed by atoms with E-state index in [4.69, 9.17) is 19.2 Å². The minimum Gasteiger partial charge on any atom is -0.490 e. The van der Waals surface area contributed by atoms with Crippen LogP contribution in [0.3, 0.4) is 0 Å². The zero-order chi connectivity index (χ0) is 27.9. The third kappa shape index (κ3) is 6.75. The lowest BCUT2D eigenvalue weighted by molar-refractivity contribution is -0.137. The van der Waals surface area contributed by atoms with Crippen LogP contribution in [0, 0.1) is 0 Å². The Hall–Kier alpha value is -3.50. The van der Waals surface area contributed by atoms with Crippen molar-refractivity contribution >= 4 is 39.0 Å². The monoisotopic (exact) mass is 596 g/mol. The van der Waals surface area contributed by atoms with E-state index in [1.54, 1.807) is 29.3 Å². The molecule has 1 amide bonds. The number of fused-ring (bicyclic) bond motifs is 1. The number of allylic oxidation sites excluding steroid dienone is 1. The van der Waals surface area contributed by atoms with Crippen molar-refractivity contribution in [2.24, 2.45) is 5.10 Å². The van der Waals surface area contributed by atoms with Gasteiger partial charge in [0.25, 0.3) is 11.5 Å². The van der Waals surface area contributed by atoms with Gasteiger partial charge in [-0.25, -0.2) is 4.98 Å². The van der Waals surface area contributed by atoms with Gasteiger partial charge in [-0.2, -0.15) is 9.78 Å². The number of carbonyl (C=O) groups excluding carboxylic acids is 1. The number of ether oxygens (including phenoxy) is 3. The minimum atomic E-state index is -0.251. The molecule has 0 saturated carbocycles. The van der Waals surface area contributed by atoms with E-state index < -0.39 is 0 Å². The molecule has 0 bridgehead atoms. The van der Waals surface area contributed by atoms with Crippen LogP contribution in [0.15, 0.2) is 57.4 Å². The van der Waals surface area contributed by atoms with E-state index in [0.29, 0.717) is 73.1 Å². The second-order valence-electron chi connectivity index (χ2n) is 9.36. The highest BCUT2D eigenvalue weighted by Gasteiger charge is 2.20. The van der Waals surface area contributed by atoms with Gasteiger partial charge in [-0.3, -0.25) is 9.59 Å². The van der Waals surface area contributed by atoms with Gasteiger partial charge in [0.15, 0.2) is 18.1 Å². The Bertz CT molecular complexity index is 1440. The smallest absolute Gasteiger partial charge is 0.282 e.